The van der Waals surface area contributed by atoms with Gasteiger partial charge in [0.15, 0.2) is 5.82 Å². The average molecular weight is 478 g/mol. The smallest absolute Gasteiger partial charge is 0.238 e. The zero-order valence-corrected chi connectivity index (χ0v) is 19.2. The molecule has 174 valence electrons. The topological polar surface area (TPSA) is 108 Å². The van der Waals surface area contributed by atoms with E-state index in [4.69, 9.17) is 16.3 Å². The Bertz CT molecular complexity index is 1190. The number of nitrogens with one attached hydrogen (secondary N) is 3. The molecule has 0 spiro atoms. The van der Waals surface area contributed by atoms with Crippen LogP contribution in [0.25, 0.3) is 0 Å². The van der Waals surface area contributed by atoms with Gasteiger partial charge in [0.05, 0.1) is 23.3 Å². The van der Waals surface area contributed by atoms with Gasteiger partial charge in [0, 0.05) is 12.2 Å². The molecule has 1 aromatic heterocycles. The predicted molar refractivity (Wildman–Crippen MR) is 131 cm³/mol. The first-order valence-corrected chi connectivity index (χ1v) is 11.0. The number of halogens is 1. The van der Waals surface area contributed by atoms with Gasteiger partial charge in [-0.05, 0) is 66.0 Å². The van der Waals surface area contributed by atoms with Crippen LogP contribution < -0.4 is 15.4 Å². The van der Waals surface area contributed by atoms with E-state index >= 15 is 0 Å². The van der Waals surface area contributed by atoms with E-state index in [0.29, 0.717) is 28.8 Å². The highest BCUT2D eigenvalue weighted by Crippen LogP contribution is 2.24. The number of aromatic amines is 1. The Labute approximate surface area is 202 Å². The van der Waals surface area contributed by atoms with Gasteiger partial charge in [-0.3, -0.25) is 9.69 Å². The Morgan fingerprint density at radius 2 is 1.74 bits per heavy atom. The number of benzene rings is 3. The SMILES string of the molecule is CN(CC(=O)Nc1ccc(Oc2ccccc2)cc1)C(CNc1ccccc1Cl)c1nnn[nH]1. The number of para-hydroxylation sites is 2. The zero-order chi connectivity index (χ0) is 23.8. The van der Waals surface area contributed by atoms with Crippen LogP contribution in [0.1, 0.15) is 11.9 Å². The fourth-order valence-corrected chi connectivity index (χ4v) is 3.55. The maximum Gasteiger partial charge on any atom is 0.238 e. The van der Waals surface area contributed by atoms with Crippen molar-refractivity contribution in [2.45, 2.75) is 6.04 Å². The second-order valence-electron chi connectivity index (χ2n) is 7.57. The third-order valence-corrected chi connectivity index (χ3v) is 5.41. The van der Waals surface area contributed by atoms with E-state index in [1.807, 2.05) is 78.7 Å². The fraction of sp³-hybridized carbons (Fsp3) is 0.167. The van der Waals surface area contributed by atoms with Crippen LogP contribution in [-0.4, -0.2) is 51.6 Å². The first kappa shape index (κ1) is 23.2. The Morgan fingerprint density at radius 3 is 2.44 bits per heavy atom. The van der Waals surface area contributed by atoms with Gasteiger partial charge >= 0.3 is 0 Å². The summed E-state index contributed by atoms with van der Waals surface area (Å²) >= 11 is 6.25. The molecule has 0 saturated heterocycles. The number of H-pyrrole nitrogens is 1. The largest absolute Gasteiger partial charge is 0.457 e. The highest BCUT2D eigenvalue weighted by Gasteiger charge is 2.23. The van der Waals surface area contributed by atoms with Gasteiger partial charge in [0.1, 0.15) is 11.5 Å². The number of rotatable bonds is 10. The normalized spacial score (nSPS) is 11.7. The molecule has 0 fully saturated rings. The molecule has 0 bridgehead atoms. The molecular weight excluding hydrogens is 454 g/mol. The number of likely N-dealkylation sites (N-methyl/N-ethyl adjacent to an activating group) is 1. The molecule has 4 aromatic rings. The number of hydrogen-bond donors (Lipinski definition) is 3. The average Bonchev–Trinajstić information content (AvgIpc) is 3.37. The Hall–Kier alpha value is -3.95. The summed E-state index contributed by atoms with van der Waals surface area (Å²) in [7, 11) is 1.83. The molecule has 3 N–H and O–H groups in total. The number of anilines is 2. The molecule has 4 rings (SSSR count). The molecule has 0 aliphatic rings. The summed E-state index contributed by atoms with van der Waals surface area (Å²) in [6.07, 6.45) is 0. The van der Waals surface area contributed by atoms with Crippen LogP contribution in [0.4, 0.5) is 11.4 Å². The molecule has 0 radical (unpaired) electrons. The Kier molecular flexibility index (Phi) is 7.69. The van der Waals surface area contributed by atoms with Crippen LogP contribution in [-0.2, 0) is 4.79 Å². The van der Waals surface area contributed by atoms with Gasteiger partial charge in [-0.1, -0.05) is 41.9 Å². The summed E-state index contributed by atoms with van der Waals surface area (Å²) in [4.78, 5) is 14.6. The number of amides is 1. The number of ether oxygens (including phenoxy) is 1. The van der Waals surface area contributed by atoms with Gasteiger partial charge in [0.2, 0.25) is 5.91 Å². The molecule has 0 saturated carbocycles. The molecule has 1 heterocycles. The van der Waals surface area contributed by atoms with Crippen molar-refractivity contribution in [1.82, 2.24) is 25.5 Å². The lowest BCUT2D eigenvalue weighted by atomic mass is 10.2. The number of aromatic nitrogens is 4. The van der Waals surface area contributed by atoms with Crippen molar-refractivity contribution in [1.29, 1.82) is 0 Å². The lowest BCUT2D eigenvalue weighted by Gasteiger charge is -2.26. The first-order chi connectivity index (χ1) is 16.6. The second kappa shape index (κ2) is 11.3. The zero-order valence-electron chi connectivity index (χ0n) is 18.5. The predicted octanol–water partition coefficient (Wildman–Crippen LogP) is 4.37. The molecule has 1 atom stereocenters. The molecule has 10 heteroatoms. The highest BCUT2D eigenvalue weighted by atomic mass is 35.5. The van der Waals surface area contributed by atoms with E-state index in [9.17, 15) is 4.79 Å². The van der Waals surface area contributed by atoms with Crippen molar-refractivity contribution in [3.05, 3.63) is 89.7 Å². The number of carbonyl (C=O) groups is 1. The minimum absolute atomic E-state index is 0.123. The van der Waals surface area contributed by atoms with E-state index in [1.54, 1.807) is 12.1 Å². The summed E-state index contributed by atoms with van der Waals surface area (Å²) in [6, 6.07) is 23.9. The quantitative estimate of drug-likeness (QED) is 0.311. The Morgan fingerprint density at radius 1 is 1.03 bits per heavy atom. The summed E-state index contributed by atoms with van der Waals surface area (Å²) in [5.41, 5.74) is 1.46. The summed E-state index contributed by atoms with van der Waals surface area (Å²) < 4.78 is 5.79. The lowest BCUT2D eigenvalue weighted by Crippen LogP contribution is -2.37. The standard InChI is InChI=1S/C24H24ClN7O2/c1-32(22(24-28-30-31-29-24)15-26-21-10-6-5-9-20(21)25)16-23(33)27-17-11-13-19(14-12-17)34-18-7-3-2-4-8-18/h2-14,22,26H,15-16H2,1H3,(H,27,33)(H,28,29,30,31). The molecule has 9 nitrogen and oxygen atoms in total. The molecule has 34 heavy (non-hydrogen) atoms. The number of nitrogens with zero attached hydrogens (tertiary/aromatic N) is 4. The maximum absolute atomic E-state index is 12.7. The summed E-state index contributed by atoms with van der Waals surface area (Å²) in [5, 5.41) is 21.0. The van der Waals surface area contributed by atoms with E-state index in [2.05, 4.69) is 31.3 Å². The third kappa shape index (κ3) is 6.31. The van der Waals surface area contributed by atoms with Gasteiger partial charge in [-0.2, -0.15) is 0 Å². The first-order valence-electron chi connectivity index (χ1n) is 10.6. The second-order valence-corrected chi connectivity index (χ2v) is 7.97. The van der Waals surface area contributed by atoms with Crippen molar-refractivity contribution in [3.8, 4) is 11.5 Å². The van der Waals surface area contributed by atoms with Crippen molar-refractivity contribution in [2.24, 2.45) is 0 Å². The van der Waals surface area contributed by atoms with Gasteiger partial charge < -0.3 is 15.4 Å². The van der Waals surface area contributed by atoms with Crippen LogP contribution in [0.3, 0.4) is 0 Å². The van der Waals surface area contributed by atoms with Crippen LogP contribution in [0, 0.1) is 0 Å². The molecule has 1 unspecified atom stereocenters. The van der Waals surface area contributed by atoms with Gasteiger partial charge in [-0.25, -0.2) is 5.10 Å². The van der Waals surface area contributed by atoms with E-state index in [-0.39, 0.29) is 18.5 Å². The maximum atomic E-state index is 12.7. The van der Waals surface area contributed by atoms with Crippen LogP contribution >= 0.6 is 11.6 Å². The number of carbonyl (C=O) groups excluding carboxylic acids is 1. The van der Waals surface area contributed by atoms with Gasteiger partial charge in [-0.15, -0.1) is 5.10 Å². The van der Waals surface area contributed by atoms with E-state index in [1.165, 1.54) is 0 Å². The molecule has 0 aliphatic carbocycles. The van der Waals surface area contributed by atoms with Crippen molar-refractivity contribution in [3.63, 3.8) is 0 Å². The monoisotopic (exact) mass is 477 g/mol. The van der Waals surface area contributed by atoms with Crippen molar-refractivity contribution < 1.29 is 9.53 Å². The van der Waals surface area contributed by atoms with Crippen molar-refractivity contribution in [2.75, 3.05) is 30.8 Å². The molecular formula is C24H24ClN7O2. The molecule has 1 amide bonds. The Balaban J connectivity index is 1.35. The van der Waals surface area contributed by atoms with Gasteiger partial charge in [0.25, 0.3) is 0 Å². The fourth-order valence-electron chi connectivity index (χ4n) is 3.35. The van der Waals surface area contributed by atoms with Crippen LogP contribution in [0.5, 0.6) is 11.5 Å². The van der Waals surface area contributed by atoms with Crippen LogP contribution in [0.2, 0.25) is 5.02 Å². The van der Waals surface area contributed by atoms with E-state index in [0.717, 1.165) is 11.4 Å². The third-order valence-electron chi connectivity index (χ3n) is 5.08. The lowest BCUT2D eigenvalue weighted by molar-refractivity contribution is -0.117. The van der Waals surface area contributed by atoms with E-state index < -0.39 is 0 Å². The molecule has 3 aromatic carbocycles. The van der Waals surface area contributed by atoms with Crippen molar-refractivity contribution >= 4 is 28.9 Å². The molecule has 0 aliphatic heterocycles. The highest BCUT2D eigenvalue weighted by molar-refractivity contribution is 6.33. The number of tetrazole rings is 1. The summed E-state index contributed by atoms with van der Waals surface area (Å²) in [5.74, 6) is 1.80. The minimum atomic E-state index is -0.293. The minimum Gasteiger partial charge on any atom is -0.457 e. The van der Waals surface area contributed by atoms with Crippen LogP contribution in [0.15, 0.2) is 78.9 Å². The summed E-state index contributed by atoms with van der Waals surface area (Å²) in [6.45, 7) is 0.563. The number of hydrogen-bond acceptors (Lipinski definition) is 7.